The van der Waals surface area contributed by atoms with Crippen molar-refractivity contribution in [1.29, 1.82) is 4.78 Å². The predicted octanol–water partition coefficient (Wildman–Crippen LogP) is 3.85. The lowest BCUT2D eigenvalue weighted by molar-refractivity contribution is -0.148. The molecule has 1 aliphatic heterocycles. The molecule has 1 aliphatic rings. The Bertz CT molecular complexity index is 1120. The van der Waals surface area contributed by atoms with E-state index in [0.29, 0.717) is 5.56 Å². The van der Waals surface area contributed by atoms with Crippen molar-refractivity contribution < 1.29 is 31.7 Å². The molecule has 6 nitrogen and oxygen atoms in total. The van der Waals surface area contributed by atoms with E-state index in [0.717, 1.165) is 4.90 Å². The van der Waals surface area contributed by atoms with Crippen LogP contribution in [0.4, 0.5) is 17.6 Å². The van der Waals surface area contributed by atoms with Crippen molar-refractivity contribution in [3.05, 3.63) is 59.9 Å². The fourth-order valence-corrected chi connectivity index (χ4v) is 4.77. The van der Waals surface area contributed by atoms with Crippen molar-refractivity contribution in [2.45, 2.75) is 49.9 Å². The van der Waals surface area contributed by atoms with Gasteiger partial charge in [0.25, 0.3) is 5.91 Å². The molecule has 0 aromatic heterocycles. The van der Waals surface area contributed by atoms with Gasteiger partial charge in [0.1, 0.15) is 11.4 Å². The fourth-order valence-electron chi connectivity index (χ4n) is 3.93. The molecule has 0 saturated carbocycles. The van der Waals surface area contributed by atoms with Gasteiger partial charge in [0.2, 0.25) is 9.92 Å². The van der Waals surface area contributed by atoms with Crippen molar-refractivity contribution in [3.63, 3.8) is 0 Å². The zero-order valence-corrected chi connectivity index (χ0v) is 18.8. The Hall–Kier alpha value is -2.50. The molecule has 0 bridgehead atoms. The van der Waals surface area contributed by atoms with Gasteiger partial charge in [0.05, 0.1) is 6.04 Å². The SMILES string of the molecule is CC(C)(O)C(=O)N1CC[C@H](NS(=N)(=O)C(F)(F)F)[C@@H]1Cc1cccc(-c2ccccc2)c1F. The van der Waals surface area contributed by atoms with E-state index < -0.39 is 44.8 Å². The molecule has 33 heavy (non-hydrogen) atoms. The van der Waals surface area contributed by atoms with Gasteiger partial charge in [-0.15, -0.1) is 0 Å². The van der Waals surface area contributed by atoms with Gasteiger partial charge in [0, 0.05) is 18.2 Å². The molecule has 180 valence electrons. The standard InChI is InChI=1S/C22H25F4N3O3S/c1-21(2,31)20(30)29-12-11-17(28-33(27,32)22(24,25)26)18(29)13-15-9-6-10-16(19(15)23)14-7-4-3-5-8-14/h3-10,17-18,31H,11-13H2,1-2H3,(H2,27,28,32)/t17-,18-,33?/m0/s1. The van der Waals surface area contributed by atoms with E-state index in [4.69, 9.17) is 4.78 Å². The average Bonchev–Trinajstić information content (AvgIpc) is 3.09. The van der Waals surface area contributed by atoms with Crippen LogP contribution in [0.15, 0.2) is 48.5 Å². The van der Waals surface area contributed by atoms with Gasteiger partial charge in [-0.3, -0.25) is 4.79 Å². The molecule has 0 aliphatic carbocycles. The summed E-state index contributed by atoms with van der Waals surface area (Å²) in [4.78, 5) is 13.9. The number of hydrogen-bond acceptors (Lipinski definition) is 4. The summed E-state index contributed by atoms with van der Waals surface area (Å²) in [5.41, 5.74) is -6.09. The highest BCUT2D eigenvalue weighted by Crippen LogP contribution is 2.31. The molecule has 3 rings (SSSR count). The van der Waals surface area contributed by atoms with Crippen LogP contribution in [0.5, 0.6) is 0 Å². The minimum absolute atomic E-state index is 0.0431. The van der Waals surface area contributed by atoms with Crippen LogP contribution in [-0.2, 0) is 21.1 Å². The van der Waals surface area contributed by atoms with Crippen LogP contribution in [0, 0.1) is 10.6 Å². The molecule has 2 aromatic carbocycles. The Morgan fingerprint density at radius 1 is 1.18 bits per heavy atom. The first-order valence-electron chi connectivity index (χ1n) is 10.2. The first kappa shape index (κ1) is 25.1. The molecule has 1 amide bonds. The fraction of sp³-hybridized carbons (Fsp3) is 0.409. The Morgan fingerprint density at radius 2 is 1.82 bits per heavy atom. The van der Waals surface area contributed by atoms with Crippen molar-refractivity contribution >= 4 is 15.8 Å². The summed E-state index contributed by atoms with van der Waals surface area (Å²) in [6, 6.07) is 11.1. The number of halogens is 4. The summed E-state index contributed by atoms with van der Waals surface area (Å²) in [5, 5.41) is 10.2. The number of benzene rings is 2. The lowest BCUT2D eigenvalue weighted by atomic mass is 9.95. The monoisotopic (exact) mass is 487 g/mol. The van der Waals surface area contributed by atoms with Gasteiger partial charge in [-0.1, -0.05) is 48.5 Å². The Balaban J connectivity index is 1.98. The Labute approximate surface area is 189 Å². The smallest absolute Gasteiger partial charge is 0.381 e. The highest BCUT2D eigenvalue weighted by Gasteiger charge is 2.48. The van der Waals surface area contributed by atoms with Gasteiger partial charge < -0.3 is 10.0 Å². The first-order chi connectivity index (χ1) is 15.2. The summed E-state index contributed by atoms with van der Waals surface area (Å²) in [6.07, 6.45) is -0.238. The lowest BCUT2D eigenvalue weighted by Gasteiger charge is -2.33. The minimum atomic E-state index is -5.32. The number of carbonyl (C=O) groups excluding carboxylic acids is 1. The molecule has 1 fully saturated rings. The van der Waals surface area contributed by atoms with Crippen LogP contribution in [-0.4, -0.2) is 49.9 Å². The molecule has 1 heterocycles. The van der Waals surface area contributed by atoms with Gasteiger partial charge in [0.15, 0.2) is 0 Å². The molecule has 3 atom stereocenters. The molecule has 11 heteroatoms. The van der Waals surface area contributed by atoms with Crippen LogP contribution in [0.2, 0.25) is 0 Å². The molecule has 1 unspecified atom stereocenters. The second kappa shape index (κ2) is 9.03. The summed E-state index contributed by atoms with van der Waals surface area (Å²) >= 11 is 0. The van der Waals surface area contributed by atoms with Gasteiger partial charge in [-0.05, 0) is 37.8 Å². The molecular weight excluding hydrogens is 462 g/mol. The molecule has 0 spiro atoms. The maximum Gasteiger partial charge on any atom is 0.492 e. The molecule has 1 saturated heterocycles. The maximum absolute atomic E-state index is 15.4. The molecule has 3 N–H and O–H groups in total. The third-order valence-corrected chi connectivity index (χ3v) is 6.85. The largest absolute Gasteiger partial charge is 0.492 e. The van der Waals surface area contributed by atoms with E-state index in [1.165, 1.54) is 19.9 Å². The highest BCUT2D eigenvalue weighted by atomic mass is 32.2. The third-order valence-electron chi connectivity index (χ3n) is 5.57. The maximum atomic E-state index is 15.4. The average molecular weight is 488 g/mol. The number of amides is 1. The second-order valence-electron chi connectivity index (χ2n) is 8.49. The number of aliphatic hydroxyl groups is 1. The number of alkyl halides is 3. The topological polar surface area (TPSA) is 93.5 Å². The summed E-state index contributed by atoms with van der Waals surface area (Å²) in [6.45, 7) is 2.44. The van der Waals surface area contributed by atoms with Gasteiger partial charge in [-0.2, -0.15) is 13.2 Å². The number of rotatable bonds is 6. The number of nitrogens with zero attached hydrogens (tertiary/aromatic N) is 1. The van der Waals surface area contributed by atoms with E-state index in [1.807, 2.05) is 4.72 Å². The van der Waals surface area contributed by atoms with Crippen molar-refractivity contribution in [2.24, 2.45) is 0 Å². The van der Waals surface area contributed by atoms with Crippen LogP contribution < -0.4 is 4.72 Å². The predicted molar refractivity (Wildman–Crippen MR) is 116 cm³/mol. The van der Waals surface area contributed by atoms with Gasteiger partial charge >= 0.3 is 5.51 Å². The van der Waals surface area contributed by atoms with Crippen LogP contribution >= 0.6 is 0 Å². The molecule has 2 aromatic rings. The number of carbonyl (C=O) groups is 1. The van der Waals surface area contributed by atoms with Crippen LogP contribution in [0.3, 0.4) is 0 Å². The zero-order chi connectivity index (χ0) is 24.6. The van der Waals surface area contributed by atoms with E-state index in [9.17, 15) is 27.3 Å². The lowest BCUT2D eigenvalue weighted by Crippen LogP contribution is -2.53. The van der Waals surface area contributed by atoms with Crippen molar-refractivity contribution in [3.8, 4) is 11.1 Å². The van der Waals surface area contributed by atoms with Crippen LogP contribution in [0.1, 0.15) is 25.8 Å². The Morgan fingerprint density at radius 3 is 2.39 bits per heavy atom. The number of likely N-dealkylation sites (tertiary alicyclic amines) is 1. The third kappa shape index (κ3) is 5.36. The molecule has 0 radical (unpaired) electrons. The van der Waals surface area contributed by atoms with Crippen molar-refractivity contribution in [1.82, 2.24) is 9.62 Å². The number of nitrogens with one attached hydrogen (secondary N) is 2. The summed E-state index contributed by atoms with van der Waals surface area (Å²) in [5.74, 6) is -1.34. The van der Waals surface area contributed by atoms with E-state index >= 15 is 4.39 Å². The first-order valence-corrected chi connectivity index (χ1v) is 11.8. The van der Waals surface area contributed by atoms with E-state index in [2.05, 4.69) is 0 Å². The Kier molecular flexibility index (Phi) is 6.88. The van der Waals surface area contributed by atoms with Crippen LogP contribution in [0.25, 0.3) is 11.1 Å². The summed E-state index contributed by atoms with van der Waals surface area (Å²) in [7, 11) is -5.20. The quantitative estimate of drug-likeness (QED) is 0.541. The zero-order valence-electron chi connectivity index (χ0n) is 18.0. The summed E-state index contributed by atoms with van der Waals surface area (Å²) < 4.78 is 75.7. The van der Waals surface area contributed by atoms with Crippen molar-refractivity contribution in [2.75, 3.05) is 6.54 Å². The minimum Gasteiger partial charge on any atom is -0.381 e. The van der Waals surface area contributed by atoms with E-state index in [-0.39, 0.29) is 30.5 Å². The molecular formula is C22H25F4N3O3S. The van der Waals surface area contributed by atoms with E-state index in [1.54, 1.807) is 42.5 Å². The highest BCUT2D eigenvalue weighted by molar-refractivity contribution is 7.91. The normalized spacial score (nSPS) is 21.1. The second-order valence-corrected chi connectivity index (χ2v) is 10.3. The number of hydrogen-bond donors (Lipinski definition) is 3. The van der Waals surface area contributed by atoms with Gasteiger partial charge in [-0.25, -0.2) is 18.1 Å².